The molecule has 3 heterocycles. The van der Waals surface area contributed by atoms with E-state index in [9.17, 15) is 0 Å². The lowest BCUT2D eigenvalue weighted by Gasteiger charge is -2.05. The molecular weight excluding hydrogens is 334 g/mol. The number of pyridine rings is 1. The maximum atomic E-state index is 6.09. The van der Waals surface area contributed by atoms with Crippen molar-refractivity contribution in [2.75, 3.05) is 0 Å². The molecule has 0 saturated heterocycles. The van der Waals surface area contributed by atoms with Gasteiger partial charge in [0.15, 0.2) is 5.58 Å². The van der Waals surface area contributed by atoms with E-state index in [4.69, 9.17) is 25.4 Å². The molecule has 4 heteroatoms. The molecule has 3 aromatic heterocycles. The van der Waals surface area contributed by atoms with Crippen molar-refractivity contribution in [2.45, 2.75) is 0 Å². The molecule has 5 aromatic rings. The van der Waals surface area contributed by atoms with Gasteiger partial charge in [0.1, 0.15) is 11.1 Å². The first-order chi connectivity index (χ1) is 12.3. The molecule has 0 aliphatic carbocycles. The largest absolute Gasteiger partial charge is 0.472 e. The molecule has 5 rings (SSSR count). The van der Waals surface area contributed by atoms with Gasteiger partial charge in [0.05, 0.1) is 18.2 Å². The highest BCUT2D eigenvalue weighted by atomic mass is 35.5. The molecule has 3 nitrogen and oxygen atoms in total. The zero-order chi connectivity index (χ0) is 16.8. The summed E-state index contributed by atoms with van der Waals surface area (Å²) in [4.78, 5) is 4.87. The average Bonchev–Trinajstić information content (AvgIpc) is 3.29. The van der Waals surface area contributed by atoms with Gasteiger partial charge in [-0.2, -0.15) is 0 Å². The number of benzene rings is 2. The molecule has 120 valence electrons. The summed E-state index contributed by atoms with van der Waals surface area (Å²) < 4.78 is 11.4. The molecule has 0 atom stereocenters. The van der Waals surface area contributed by atoms with Gasteiger partial charge < -0.3 is 8.83 Å². The number of hydrogen-bond donors (Lipinski definition) is 0. The van der Waals surface area contributed by atoms with Gasteiger partial charge in [0, 0.05) is 27.1 Å². The first kappa shape index (κ1) is 14.3. The fourth-order valence-corrected chi connectivity index (χ4v) is 3.21. The minimum absolute atomic E-state index is 0.702. The lowest BCUT2D eigenvalue weighted by Crippen LogP contribution is -1.87. The van der Waals surface area contributed by atoms with Gasteiger partial charge in [0.2, 0.25) is 0 Å². The second kappa shape index (κ2) is 5.50. The van der Waals surface area contributed by atoms with Crippen LogP contribution in [0.15, 0.2) is 82.0 Å². The van der Waals surface area contributed by atoms with E-state index in [0.717, 1.165) is 44.5 Å². The number of furan rings is 2. The lowest BCUT2D eigenvalue weighted by molar-refractivity contribution is 0.568. The third-order valence-electron chi connectivity index (χ3n) is 4.30. The van der Waals surface area contributed by atoms with Crippen LogP contribution in [0.2, 0.25) is 5.02 Å². The van der Waals surface area contributed by atoms with Crippen molar-refractivity contribution >= 4 is 33.7 Å². The Balaban J connectivity index is 1.87. The predicted octanol–water partition coefficient (Wildman–Crippen LogP) is 6.56. The number of halogens is 1. The van der Waals surface area contributed by atoms with Crippen LogP contribution in [0.25, 0.3) is 44.5 Å². The molecule has 0 radical (unpaired) electrons. The molecule has 0 spiro atoms. The lowest BCUT2D eigenvalue weighted by atomic mass is 10.0. The highest BCUT2D eigenvalue weighted by molar-refractivity contribution is 6.30. The fraction of sp³-hybridized carbons (Fsp3) is 0. The monoisotopic (exact) mass is 345 g/mol. The molecule has 0 bridgehead atoms. The van der Waals surface area contributed by atoms with Gasteiger partial charge in [-0.3, -0.25) is 0 Å². The quantitative estimate of drug-likeness (QED) is 0.363. The van der Waals surface area contributed by atoms with Crippen LogP contribution in [0.1, 0.15) is 0 Å². The van der Waals surface area contributed by atoms with Crippen LogP contribution in [-0.2, 0) is 0 Å². The zero-order valence-electron chi connectivity index (χ0n) is 13.1. The van der Waals surface area contributed by atoms with Gasteiger partial charge in [-0.1, -0.05) is 35.9 Å². The van der Waals surface area contributed by atoms with Crippen LogP contribution in [0.3, 0.4) is 0 Å². The molecule has 0 fully saturated rings. The van der Waals surface area contributed by atoms with Crippen molar-refractivity contribution in [3.63, 3.8) is 0 Å². The predicted molar refractivity (Wildman–Crippen MR) is 99.7 cm³/mol. The molecule has 0 aliphatic heterocycles. The number of fused-ring (bicyclic) bond motifs is 3. The standard InChI is InChI=1S/C21H12ClNO2/c22-15-7-5-13(6-8-15)18-11-17(14-9-10-24-12-14)21-20(23-18)16-3-1-2-4-19(16)25-21/h1-12H. The summed E-state index contributed by atoms with van der Waals surface area (Å²) in [6, 6.07) is 19.6. The van der Waals surface area contributed by atoms with E-state index in [-0.39, 0.29) is 0 Å². The number of hydrogen-bond acceptors (Lipinski definition) is 3. The Kier molecular flexibility index (Phi) is 3.15. The Morgan fingerprint density at radius 1 is 0.880 bits per heavy atom. The Morgan fingerprint density at radius 2 is 1.72 bits per heavy atom. The van der Waals surface area contributed by atoms with E-state index in [1.54, 1.807) is 12.5 Å². The summed E-state index contributed by atoms with van der Waals surface area (Å²) in [6.07, 6.45) is 3.37. The van der Waals surface area contributed by atoms with Gasteiger partial charge in [0.25, 0.3) is 0 Å². The Morgan fingerprint density at radius 3 is 2.52 bits per heavy atom. The zero-order valence-corrected chi connectivity index (χ0v) is 13.8. The van der Waals surface area contributed by atoms with E-state index in [1.165, 1.54) is 0 Å². The van der Waals surface area contributed by atoms with Gasteiger partial charge >= 0.3 is 0 Å². The summed E-state index contributed by atoms with van der Waals surface area (Å²) in [7, 11) is 0. The highest BCUT2D eigenvalue weighted by Crippen LogP contribution is 2.37. The fourth-order valence-electron chi connectivity index (χ4n) is 3.08. The SMILES string of the molecule is Clc1ccc(-c2cc(-c3ccoc3)c3oc4ccccc4c3n2)cc1. The number of para-hydroxylation sites is 1. The second-order valence-electron chi connectivity index (χ2n) is 5.85. The summed E-state index contributed by atoms with van der Waals surface area (Å²) in [5.74, 6) is 0. The van der Waals surface area contributed by atoms with Gasteiger partial charge in [-0.05, 0) is 36.4 Å². The summed E-state index contributed by atoms with van der Waals surface area (Å²) in [5, 5.41) is 1.70. The van der Waals surface area contributed by atoms with Crippen molar-refractivity contribution in [1.82, 2.24) is 4.98 Å². The number of rotatable bonds is 2. The van der Waals surface area contributed by atoms with Crippen LogP contribution in [0.5, 0.6) is 0 Å². The van der Waals surface area contributed by atoms with Gasteiger partial charge in [-0.25, -0.2) is 4.98 Å². The van der Waals surface area contributed by atoms with Crippen LogP contribution in [0, 0.1) is 0 Å². The first-order valence-electron chi connectivity index (χ1n) is 7.90. The molecule has 0 saturated carbocycles. The van der Waals surface area contributed by atoms with E-state index in [2.05, 4.69) is 0 Å². The third-order valence-corrected chi connectivity index (χ3v) is 4.55. The van der Waals surface area contributed by atoms with Crippen molar-refractivity contribution < 1.29 is 8.83 Å². The van der Waals surface area contributed by atoms with Crippen molar-refractivity contribution in [3.8, 4) is 22.4 Å². The Hall–Kier alpha value is -3.04. The minimum atomic E-state index is 0.702. The van der Waals surface area contributed by atoms with Crippen molar-refractivity contribution in [2.24, 2.45) is 0 Å². The third kappa shape index (κ3) is 2.32. The van der Waals surface area contributed by atoms with E-state index >= 15 is 0 Å². The maximum Gasteiger partial charge on any atom is 0.161 e. The molecule has 0 amide bonds. The molecule has 0 N–H and O–H groups in total. The maximum absolute atomic E-state index is 6.09. The normalized spacial score (nSPS) is 11.4. The molecule has 2 aromatic carbocycles. The molecule has 0 unspecified atom stereocenters. The number of nitrogens with zero attached hydrogens (tertiary/aromatic N) is 1. The van der Waals surface area contributed by atoms with Crippen LogP contribution >= 0.6 is 11.6 Å². The van der Waals surface area contributed by atoms with Crippen LogP contribution < -0.4 is 0 Å². The van der Waals surface area contributed by atoms with Crippen molar-refractivity contribution in [3.05, 3.63) is 78.2 Å². The minimum Gasteiger partial charge on any atom is -0.472 e. The van der Waals surface area contributed by atoms with E-state index < -0.39 is 0 Å². The molecule has 25 heavy (non-hydrogen) atoms. The topological polar surface area (TPSA) is 39.2 Å². The van der Waals surface area contributed by atoms with E-state index in [0.29, 0.717) is 5.02 Å². The highest BCUT2D eigenvalue weighted by Gasteiger charge is 2.16. The van der Waals surface area contributed by atoms with Crippen LogP contribution in [-0.4, -0.2) is 4.98 Å². The first-order valence-corrected chi connectivity index (χ1v) is 8.28. The average molecular weight is 346 g/mol. The second-order valence-corrected chi connectivity index (χ2v) is 6.29. The summed E-state index contributed by atoms with van der Waals surface area (Å²) >= 11 is 6.02. The summed E-state index contributed by atoms with van der Waals surface area (Å²) in [6.45, 7) is 0. The molecule has 0 aliphatic rings. The smallest absolute Gasteiger partial charge is 0.161 e. The van der Waals surface area contributed by atoms with Gasteiger partial charge in [-0.15, -0.1) is 0 Å². The van der Waals surface area contributed by atoms with Crippen LogP contribution in [0.4, 0.5) is 0 Å². The summed E-state index contributed by atoms with van der Waals surface area (Å²) in [5.41, 5.74) is 6.22. The van der Waals surface area contributed by atoms with E-state index in [1.807, 2.05) is 60.7 Å². The Labute approximate surface area is 148 Å². The van der Waals surface area contributed by atoms with Crippen molar-refractivity contribution in [1.29, 1.82) is 0 Å². The Bertz CT molecular complexity index is 1190. The number of aromatic nitrogens is 1. The molecular formula is C21H12ClNO2.